The minimum absolute atomic E-state index is 0.0548. The van der Waals surface area contributed by atoms with Gasteiger partial charge in [-0.05, 0) is 74.1 Å². The fourth-order valence-electron chi connectivity index (χ4n) is 3.50. The normalized spacial score (nSPS) is 14.4. The first-order valence-corrected chi connectivity index (χ1v) is 11.4. The Morgan fingerprint density at radius 2 is 1.82 bits per heavy atom. The van der Waals surface area contributed by atoms with Crippen LogP contribution in [-0.2, 0) is 27.5 Å². The van der Waals surface area contributed by atoms with Crippen molar-refractivity contribution in [1.29, 1.82) is 0 Å². The van der Waals surface area contributed by atoms with Crippen LogP contribution in [0.1, 0.15) is 49.4 Å². The number of carbonyl (C=O) groups is 1. The quantitative estimate of drug-likeness (QED) is 0.733. The van der Waals surface area contributed by atoms with Gasteiger partial charge < -0.3 is 10.1 Å². The number of benzene rings is 2. The maximum Gasteiger partial charge on any atom is 0.221 e. The maximum atomic E-state index is 12.6. The second-order valence-corrected chi connectivity index (χ2v) is 9.25. The van der Waals surface area contributed by atoms with Crippen LogP contribution in [-0.4, -0.2) is 26.7 Å². The highest BCUT2D eigenvalue weighted by Crippen LogP contribution is 2.25. The molecule has 0 bridgehead atoms. The Labute approximate surface area is 167 Å². The van der Waals surface area contributed by atoms with Crippen LogP contribution in [0.5, 0.6) is 5.75 Å². The number of sulfone groups is 1. The van der Waals surface area contributed by atoms with Crippen molar-refractivity contribution in [2.45, 2.75) is 50.5 Å². The summed E-state index contributed by atoms with van der Waals surface area (Å²) >= 11 is 0. The van der Waals surface area contributed by atoms with Gasteiger partial charge in [-0.2, -0.15) is 0 Å². The van der Waals surface area contributed by atoms with Gasteiger partial charge in [0, 0.05) is 6.42 Å². The van der Waals surface area contributed by atoms with Crippen LogP contribution in [0.25, 0.3) is 0 Å². The number of carbonyl (C=O) groups excluding carboxylic acids is 1. The molecule has 28 heavy (non-hydrogen) atoms. The van der Waals surface area contributed by atoms with E-state index >= 15 is 0 Å². The molecule has 0 saturated carbocycles. The predicted octanol–water partition coefficient (Wildman–Crippen LogP) is 3.62. The van der Waals surface area contributed by atoms with Crippen LogP contribution >= 0.6 is 0 Å². The van der Waals surface area contributed by atoms with Gasteiger partial charge in [0.2, 0.25) is 5.91 Å². The number of fused-ring (bicyclic) bond motifs is 1. The lowest BCUT2D eigenvalue weighted by Gasteiger charge is -2.15. The molecule has 1 aliphatic rings. The molecule has 0 aliphatic heterocycles. The third-order valence-electron chi connectivity index (χ3n) is 5.10. The van der Waals surface area contributed by atoms with E-state index < -0.39 is 9.84 Å². The van der Waals surface area contributed by atoms with E-state index in [1.54, 1.807) is 12.1 Å². The second kappa shape index (κ2) is 8.78. The summed E-state index contributed by atoms with van der Waals surface area (Å²) in [5.41, 5.74) is 3.30. The van der Waals surface area contributed by atoms with E-state index in [0.29, 0.717) is 11.5 Å². The van der Waals surface area contributed by atoms with Gasteiger partial charge in [0.05, 0.1) is 23.3 Å². The topological polar surface area (TPSA) is 72.5 Å². The molecule has 3 rings (SSSR count). The lowest BCUT2D eigenvalue weighted by Crippen LogP contribution is -2.28. The predicted molar refractivity (Wildman–Crippen MR) is 109 cm³/mol. The van der Waals surface area contributed by atoms with Crippen LogP contribution in [0.3, 0.4) is 0 Å². The van der Waals surface area contributed by atoms with Crippen molar-refractivity contribution in [2.75, 3.05) is 12.4 Å². The molecule has 2 aromatic carbocycles. The number of amides is 1. The molecule has 5 nitrogen and oxygen atoms in total. The molecule has 1 unspecified atom stereocenters. The molecule has 1 atom stereocenters. The Kier molecular flexibility index (Phi) is 6.39. The molecule has 6 heteroatoms. The van der Waals surface area contributed by atoms with Crippen LogP contribution in [0.4, 0.5) is 0 Å². The molecule has 2 aromatic rings. The van der Waals surface area contributed by atoms with E-state index in [1.807, 2.05) is 44.2 Å². The molecule has 0 fully saturated rings. The van der Waals surface area contributed by atoms with Crippen LogP contribution < -0.4 is 10.1 Å². The highest BCUT2D eigenvalue weighted by atomic mass is 32.2. The maximum absolute atomic E-state index is 12.6. The molecule has 0 heterocycles. The summed E-state index contributed by atoms with van der Waals surface area (Å²) in [6.45, 7) is 4.40. The smallest absolute Gasteiger partial charge is 0.221 e. The highest BCUT2D eigenvalue weighted by molar-refractivity contribution is 7.91. The number of aryl methyl sites for hydroxylation is 2. The summed E-state index contributed by atoms with van der Waals surface area (Å²) in [5, 5.41) is 2.87. The SMILES string of the molecule is CCOc1ccc(C(C)NC(=O)CCS(=O)(=O)c2ccc3c(c2)CCC3)cc1. The van der Waals surface area contributed by atoms with Crippen molar-refractivity contribution in [1.82, 2.24) is 5.32 Å². The minimum Gasteiger partial charge on any atom is -0.494 e. The lowest BCUT2D eigenvalue weighted by atomic mass is 10.1. The largest absolute Gasteiger partial charge is 0.494 e. The van der Waals surface area contributed by atoms with Gasteiger partial charge in [-0.1, -0.05) is 18.2 Å². The fourth-order valence-corrected chi connectivity index (χ4v) is 4.79. The second-order valence-electron chi connectivity index (χ2n) is 7.14. The third-order valence-corrected chi connectivity index (χ3v) is 6.81. The molecule has 0 aromatic heterocycles. The molecule has 1 N–H and O–H groups in total. The van der Waals surface area contributed by atoms with Crippen molar-refractivity contribution < 1.29 is 17.9 Å². The fraction of sp³-hybridized carbons (Fsp3) is 0.409. The van der Waals surface area contributed by atoms with Crippen LogP contribution in [0.15, 0.2) is 47.4 Å². The summed E-state index contributed by atoms with van der Waals surface area (Å²) in [5.74, 6) is 0.324. The van der Waals surface area contributed by atoms with E-state index in [-0.39, 0.29) is 24.1 Å². The van der Waals surface area contributed by atoms with Gasteiger partial charge in [0.15, 0.2) is 9.84 Å². The lowest BCUT2D eigenvalue weighted by molar-refractivity contribution is -0.121. The number of rotatable bonds is 8. The zero-order valence-electron chi connectivity index (χ0n) is 16.4. The summed E-state index contributed by atoms with van der Waals surface area (Å²) in [6, 6.07) is 12.7. The van der Waals surface area contributed by atoms with Gasteiger partial charge in [-0.15, -0.1) is 0 Å². The van der Waals surface area contributed by atoms with Crippen LogP contribution in [0, 0.1) is 0 Å². The average molecular weight is 402 g/mol. The number of ether oxygens (including phenoxy) is 1. The monoisotopic (exact) mass is 401 g/mol. The van der Waals surface area contributed by atoms with Crippen molar-refractivity contribution >= 4 is 15.7 Å². The Bertz CT molecular complexity index is 936. The van der Waals surface area contributed by atoms with E-state index in [4.69, 9.17) is 4.74 Å². The van der Waals surface area contributed by atoms with Gasteiger partial charge in [0.1, 0.15) is 5.75 Å². The van der Waals surface area contributed by atoms with E-state index in [2.05, 4.69) is 5.32 Å². The Morgan fingerprint density at radius 3 is 2.54 bits per heavy atom. The first kappa shape index (κ1) is 20.4. The van der Waals surface area contributed by atoms with E-state index in [9.17, 15) is 13.2 Å². The van der Waals surface area contributed by atoms with Gasteiger partial charge >= 0.3 is 0 Å². The number of hydrogen-bond acceptors (Lipinski definition) is 4. The summed E-state index contributed by atoms with van der Waals surface area (Å²) in [4.78, 5) is 12.6. The molecular weight excluding hydrogens is 374 g/mol. The summed E-state index contributed by atoms with van der Waals surface area (Å²) in [7, 11) is -3.47. The Morgan fingerprint density at radius 1 is 1.11 bits per heavy atom. The first-order chi connectivity index (χ1) is 13.4. The summed E-state index contributed by atoms with van der Waals surface area (Å²) in [6.07, 6.45) is 2.96. The molecule has 0 spiro atoms. The third kappa shape index (κ3) is 4.93. The Hall–Kier alpha value is -2.34. The molecule has 0 saturated heterocycles. The van der Waals surface area contributed by atoms with E-state index in [0.717, 1.165) is 36.1 Å². The van der Waals surface area contributed by atoms with Gasteiger partial charge in [0.25, 0.3) is 0 Å². The summed E-state index contributed by atoms with van der Waals surface area (Å²) < 4.78 is 30.6. The molecular formula is C22H27NO4S. The average Bonchev–Trinajstić information content (AvgIpc) is 3.15. The molecule has 0 radical (unpaired) electrons. The zero-order valence-corrected chi connectivity index (χ0v) is 17.2. The Balaban J connectivity index is 1.55. The first-order valence-electron chi connectivity index (χ1n) is 9.75. The molecule has 1 amide bonds. The number of nitrogens with one attached hydrogen (secondary N) is 1. The van der Waals surface area contributed by atoms with Crippen molar-refractivity contribution in [3.8, 4) is 5.75 Å². The number of hydrogen-bond donors (Lipinski definition) is 1. The van der Waals surface area contributed by atoms with Gasteiger partial charge in [-0.25, -0.2) is 8.42 Å². The van der Waals surface area contributed by atoms with Crippen molar-refractivity contribution in [3.05, 3.63) is 59.2 Å². The molecule has 150 valence electrons. The standard InChI is InChI=1S/C22H27NO4S/c1-3-27-20-10-7-17(8-11-20)16(2)23-22(24)13-14-28(25,26)21-12-9-18-5-4-6-19(18)15-21/h7-12,15-16H,3-6,13-14H2,1-2H3,(H,23,24). The van der Waals surface area contributed by atoms with Crippen molar-refractivity contribution in [3.63, 3.8) is 0 Å². The zero-order chi connectivity index (χ0) is 20.1. The molecule has 1 aliphatic carbocycles. The minimum atomic E-state index is -3.47. The van der Waals surface area contributed by atoms with Crippen molar-refractivity contribution in [2.24, 2.45) is 0 Å². The van der Waals surface area contributed by atoms with Crippen LogP contribution in [0.2, 0.25) is 0 Å². The van der Waals surface area contributed by atoms with Gasteiger partial charge in [-0.3, -0.25) is 4.79 Å². The highest BCUT2D eigenvalue weighted by Gasteiger charge is 2.20. The van der Waals surface area contributed by atoms with E-state index in [1.165, 1.54) is 5.56 Å².